The Balaban J connectivity index is 1.31. The number of aryl methyl sites for hydroxylation is 2. The van der Waals surface area contributed by atoms with E-state index in [1.165, 1.54) is 47.1 Å². The highest BCUT2D eigenvalue weighted by Gasteiger charge is 2.14. The van der Waals surface area contributed by atoms with Crippen LogP contribution >= 0.6 is 23.1 Å². The highest BCUT2D eigenvalue weighted by Crippen LogP contribution is 2.26. The van der Waals surface area contributed by atoms with Crippen molar-refractivity contribution in [3.63, 3.8) is 0 Å². The molecular formula is C19H21N5O2S2. The number of nitrogens with one attached hydrogen (secondary N) is 1. The van der Waals surface area contributed by atoms with Crippen molar-refractivity contribution in [2.75, 3.05) is 11.1 Å². The Morgan fingerprint density at radius 2 is 2.14 bits per heavy atom. The van der Waals surface area contributed by atoms with E-state index in [1.807, 2.05) is 23.1 Å². The van der Waals surface area contributed by atoms with Crippen molar-refractivity contribution in [2.45, 2.75) is 37.4 Å². The zero-order valence-electron chi connectivity index (χ0n) is 15.6. The van der Waals surface area contributed by atoms with Crippen LogP contribution in [0.1, 0.15) is 29.8 Å². The normalized spacial score (nSPS) is 13.2. The Hall–Kier alpha value is -2.39. The van der Waals surface area contributed by atoms with E-state index in [2.05, 4.69) is 32.6 Å². The van der Waals surface area contributed by atoms with Gasteiger partial charge in [0.25, 0.3) is 0 Å². The van der Waals surface area contributed by atoms with Gasteiger partial charge in [-0.25, -0.2) is 4.98 Å². The Morgan fingerprint density at radius 1 is 1.29 bits per heavy atom. The Labute approximate surface area is 171 Å². The van der Waals surface area contributed by atoms with Gasteiger partial charge in [-0.05, 0) is 48.9 Å². The van der Waals surface area contributed by atoms with Crippen LogP contribution in [0, 0.1) is 0 Å². The summed E-state index contributed by atoms with van der Waals surface area (Å²) >= 11 is 2.73. The molecule has 1 amide bonds. The standard InChI is InChI=1S/C19H21N5O2S2/c1-24-16(11-26-15-7-6-13-4-2-3-5-14(13)10-15)22-23-19(24)28-12-17(25)21-18-20-8-9-27-18/h6-10H,2-5,11-12H2,1H3,(H,20,21,25). The molecule has 1 aromatic carbocycles. The van der Waals surface area contributed by atoms with Gasteiger partial charge in [0, 0.05) is 18.6 Å². The third kappa shape index (κ3) is 4.53. The number of thiazole rings is 1. The molecule has 0 bridgehead atoms. The van der Waals surface area contributed by atoms with E-state index in [-0.39, 0.29) is 11.7 Å². The molecule has 3 aromatic rings. The molecule has 7 nitrogen and oxygen atoms in total. The third-order valence-electron chi connectivity index (χ3n) is 4.62. The minimum Gasteiger partial charge on any atom is -0.486 e. The van der Waals surface area contributed by atoms with Gasteiger partial charge in [0.2, 0.25) is 5.91 Å². The first-order chi connectivity index (χ1) is 13.7. The van der Waals surface area contributed by atoms with Crippen molar-refractivity contribution in [3.05, 3.63) is 46.7 Å². The van der Waals surface area contributed by atoms with E-state index in [1.54, 1.807) is 6.20 Å². The summed E-state index contributed by atoms with van der Waals surface area (Å²) in [6, 6.07) is 6.34. The summed E-state index contributed by atoms with van der Waals surface area (Å²) < 4.78 is 7.79. The van der Waals surface area contributed by atoms with Crippen LogP contribution in [0.2, 0.25) is 0 Å². The predicted octanol–water partition coefficient (Wildman–Crippen LogP) is 3.46. The lowest BCUT2D eigenvalue weighted by Gasteiger charge is -2.16. The summed E-state index contributed by atoms with van der Waals surface area (Å²) in [4.78, 5) is 16.0. The molecule has 0 saturated heterocycles. The van der Waals surface area contributed by atoms with E-state index in [9.17, 15) is 4.79 Å². The van der Waals surface area contributed by atoms with Crippen molar-refractivity contribution in [2.24, 2.45) is 7.05 Å². The largest absolute Gasteiger partial charge is 0.486 e. The molecule has 2 heterocycles. The number of thioether (sulfide) groups is 1. The minimum absolute atomic E-state index is 0.116. The lowest BCUT2D eigenvalue weighted by atomic mass is 9.92. The molecule has 0 unspecified atom stereocenters. The maximum Gasteiger partial charge on any atom is 0.236 e. The fourth-order valence-electron chi connectivity index (χ4n) is 3.11. The number of rotatable bonds is 7. The topological polar surface area (TPSA) is 81.9 Å². The second-order valence-corrected chi connectivity index (χ2v) is 8.40. The van der Waals surface area contributed by atoms with Gasteiger partial charge in [-0.3, -0.25) is 4.79 Å². The van der Waals surface area contributed by atoms with Crippen LogP contribution in [0.3, 0.4) is 0 Å². The van der Waals surface area contributed by atoms with Crippen molar-refractivity contribution >= 4 is 34.1 Å². The van der Waals surface area contributed by atoms with E-state index in [0.717, 1.165) is 24.4 Å². The molecule has 0 radical (unpaired) electrons. The van der Waals surface area contributed by atoms with Crippen molar-refractivity contribution in [1.82, 2.24) is 19.7 Å². The molecular weight excluding hydrogens is 394 g/mol. The first-order valence-corrected chi connectivity index (χ1v) is 11.0. The maximum atomic E-state index is 12.0. The van der Waals surface area contributed by atoms with Gasteiger partial charge >= 0.3 is 0 Å². The van der Waals surface area contributed by atoms with Gasteiger partial charge in [0.05, 0.1) is 5.75 Å². The molecule has 9 heteroatoms. The fraction of sp³-hybridized carbons (Fsp3) is 0.368. The van der Waals surface area contributed by atoms with Crippen LogP contribution in [0.25, 0.3) is 0 Å². The Kier molecular flexibility index (Phi) is 5.92. The summed E-state index contributed by atoms with van der Waals surface area (Å²) in [6.45, 7) is 0.341. The van der Waals surface area contributed by atoms with Crippen molar-refractivity contribution in [3.8, 4) is 5.75 Å². The summed E-state index contributed by atoms with van der Waals surface area (Å²) in [7, 11) is 1.88. The van der Waals surface area contributed by atoms with Crippen LogP contribution in [0.4, 0.5) is 5.13 Å². The molecule has 0 atom stereocenters. The van der Waals surface area contributed by atoms with Gasteiger partial charge < -0.3 is 14.6 Å². The first kappa shape index (κ1) is 18.9. The van der Waals surface area contributed by atoms with Gasteiger partial charge in [-0.2, -0.15) is 0 Å². The van der Waals surface area contributed by atoms with E-state index >= 15 is 0 Å². The second kappa shape index (κ2) is 8.74. The molecule has 0 saturated carbocycles. The number of nitrogens with zero attached hydrogens (tertiary/aromatic N) is 4. The molecule has 1 aliphatic carbocycles. The second-order valence-electron chi connectivity index (χ2n) is 6.56. The quantitative estimate of drug-likeness (QED) is 0.595. The molecule has 0 fully saturated rings. The predicted molar refractivity (Wildman–Crippen MR) is 110 cm³/mol. The highest BCUT2D eigenvalue weighted by atomic mass is 32.2. The number of ether oxygens (including phenoxy) is 1. The number of fused-ring (bicyclic) bond motifs is 1. The number of carbonyl (C=O) groups is 1. The van der Waals surface area contributed by atoms with E-state index in [0.29, 0.717) is 16.9 Å². The fourth-order valence-corrected chi connectivity index (χ4v) is 4.39. The van der Waals surface area contributed by atoms with Gasteiger partial charge in [-0.15, -0.1) is 21.5 Å². The molecule has 0 aliphatic heterocycles. The van der Waals surface area contributed by atoms with Crippen LogP contribution in [0.15, 0.2) is 34.9 Å². The number of hydrogen-bond acceptors (Lipinski definition) is 7. The summed E-state index contributed by atoms with van der Waals surface area (Å²) in [5.74, 6) is 1.72. The SMILES string of the molecule is Cn1c(COc2ccc3c(c2)CCCC3)nnc1SCC(=O)Nc1nccs1. The zero-order chi connectivity index (χ0) is 19.3. The van der Waals surface area contributed by atoms with Crippen LogP contribution < -0.4 is 10.1 Å². The third-order valence-corrected chi connectivity index (χ3v) is 6.33. The summed E-state index contributed by atoms with van der Waals surface area (Å²) in [5.41, 5.74) is 2.83. The molecule has 1 N–H and O–H groups in total. The zero-order valence-corrected chi connectivity index (χ0v) is 17.2. The van der Waals surface area contributed by atoms with Crippen molar-refractivity contribution < 1.29 is 9.53 Å². The first-order valence-electron chi connectivity index (χ1n) is 9.14. The van der Waals surface area contributed by atoms with Gasteiger partial charge in [0.1, 0.15) is 12.4 Å². The number of aromatic nitrogens is 4. The monoisotopic (exact) mass is 415 g/mol. The number of amides is 1. The average molecular weight is 416 g/mol. The molecule has 146 valence electrons. The average Bonchev–Trinajstić information content (AvgIpc) is 3.34. The highest BCUT2D eigenvalue weighted by molar-refractivity contribution is 7.99. The van der Waals surface area contributed by atoms with Crippen molar-refractivity contribution in [1.29, 1.82) is 0 Å². The lowest BCUT2D eigenvalue weighted by molar-refractivity contribution is -0.113. The molecule has 0 spiro atoms. The smallest absolute Gasteiger partial charge is 0.236 e. The Morgan fingerprint density at radius 3 is 2.96 bits per heavy atom. The van der Waals surface area contributed by atoms with Crippen LogP contribution in [-0.4, -0.2) is 31.4 Å². The van der Waals surface area contributed by atoms with E-state index < -0.39 is 0 Å². The summed E-state index contributed by atoms with van der Waals surface area (Å²) in [6.07, 6.45) is 6.46. The Bertz CT molecular complexity index is 955. The minimum atomic E-state index is -0.116. The molecule has 28 heavy (non-hydrogen) atoms. The molecule has 2 aromatic heterocycles. The molecule has 4 rings (SSSR count). The number of benzene rings is 1. The summed E-state index contributed by atoms with van der Waals surface area (Å²) in [5, 5.41) is 14.2. The number of anilines is 1. The van der Waals surface area contributed by atoms with Crippen LogP contribution in [0.5, 0.6) is 5.75 Å². The molecule has 1 aliphatic rings. The maximum absolute atomic E-state index is 12.0. The van der Waals surface area contributed by atoms with E-state index in [4.69, 9.17) is 4.74 Å². The number of hydrogen-bond donors (Lipinski definition) is 1. The van der Waals surface area contributed by atoms with Gasteiger partial charge in [-0.1, -0.05) is 17.8 Å². The van der Waals surface area contributed by atoms with Crippen LogP contribution in [-0.2, 0) is 31.3 Å². The number of carbonyl (C=O) groups excluding carboxylic acids is 1. The lowest BCUT2D eigenvalue weighted by Crippen LogP contribution is -2.14. The van der Waals surface area contributed by atoms with Gasteiger partial charge in [0.15, 0.2) is 16.1 Å².